The van der Waals surface area contributed by atoms with Crippen molar-refractivity contribution in [3.8, 4) is 6.07 Å². The number of oxazole rings is 1. The van der Waals surface area contributed by atoms with Gasteiger partial charge in [0.15, 0.2) is 11.0 Å². The van der Waals surface area contributed by atoms with Gasteiger partial charge in [0, 0.05) is 18.5 Å². The maximum absolute atomic E-state index is 11.8. The van der Waals surface area contributed by atoms with Crippen molar-refractivity contribution in [3.05, 3.63) is 65.0 Å². The lowest BCUT2D eigenvalue weighted by atomic mass is 9.68. The van der Waals surface area contributed by atoms with E-state index in [0.717, 1.165) is 38.9 Å². The van der Waals surface area contributed by atoms with Gasteiger partial charge in [0.05, 0.1) is 6.07 Å². The van der Waals surface area contributed by atoms with Crippen molar-refractivity contribution in [3.63, 3.8) is 0 Å². The fourth-order valence-corrected chi connectivity index (χ4v) is 5.04. The summed E-state index contributed by atoms with van der Waals surface area (Å²) < 4.78 is 11.6. The third kappa shape index (κ3) is 4.90. The maximum atomic E-state index is 11.8. The van der Waals surface area contributed by atoms with E-state index in [1.54, 1.807) is 25.1 Å². The van der Waals surface area contributed by atoms with Crippen LogP contribution in [0.4, 0.5) is 0 Å². The van der Waals surface area contributed by atoms with Gasteiger partial charge >= 0.3 is 5.97 Å². The Hall–Kier alpha value is -2.88. The Morgan fingerprint density at radius 3 is 2.70 bits per heavy atom. The number of aromatic nitrogens is 1. The van der Waals surface area contributed by atoms with E-state index in [2.05, 4.69) is 40.2 Å². The number of hydrogen-bond acceptors (Lipinski definition) is 6. The molecule has 2 atom stereocenters. The summed E-state index contributed by atoms with van der Waals surface area (Å²) in [5.74, 6) is -0.200. The second kappa shape index (κ2) is 9.94. The van der Waals surface area contributed by atoms with E-state index in [4.69, 9.17) is 20.8 Å². The second-order valence-electron chi connectivity index (χ2n) is 8.72. The van der Waals surface area contributed by atoms with Crippen LogP contribution in [0.15, 0.2) is 52.9 Å². The van der Waals surface area contributed by atoms with Crippen molar-refractivity contribution in [2.24, 2.45) is 5.92 Å². The summed E-state index contributed by atoms with van der Waals surface area (Å²) in [7, 11) is 0. The molecule has 0 saturated carbocycles. The van der Waals surface area contributed by atoms with Crippen molar-refractivity contribution in [1.29, 1.82) is 5.26 Å². The molecule has 4 rings (SSSR count). The first kappa shape index (κ1) is 23.3. The summed E-state index contributed by atoms with van der Waals surface area (Å²) in [6, 6.07) is 18.1. The number of ether oxygens (including phenoxy) is 1. The third-order valence-electron chi connectivity index (χ3n) is 6.66. The molecule has 1 saturated heterocycles. The number of nitriles is 1. The van der Waals surface area contributed by atoms with Crippen molar-refractivity contribution >= 4 is 28.7 Å². The highest BCUT2D eigenvalue weighted by molar-refractivity contribution is 6.31. The SMILES string of the molecule is CC(=O)OC(C)C(C#N)(c1nc2cc(Cl)ccc2o1)C1CCN(CCc2ccccc2)CC1. The van der Waals surface area contributed by atoms with E-state index in [0.29, 0.717) is 22.0 Å². The van der Waals surface area contributed by atoms with E-state index < -0.39 is 17.5 Å². The summed E-state index contributed by atoms with van der Waals surface area (Å²) in [6.45, 7) is 5.81. The Morgan fingerprint density at radius 1 is 1.30 bits per heavy atom. The zero-order valence-corrected chi connectivity index (χ0v) is 19.7. The molecule has 2 aromatic carbocycles. The third-order valence-corrected chi connectivity index (χ3v) is 6.90. The molecule has 0 bridgehead atoms. The van der Waals surface area contributed by atoms with Crippen LogP contribution in [-0.4, -0.2) is 41.6 Å². The second-order valence-corrected chi connectivity index (χ2v) is 9.15. The molecule has 1 aliphatic rings. The average Bonchev–Trinajstić information content (AvgIpc) is 3.23. The Labute approximate surface area is 199 Å². The van der Waals surface area contributed by atoms with Crippen LogP contribution in [0.25, 0.3) is 11.1 Å². The number of rotatable bonds is 7. The Bertz CT molecular complexity index is 1150. The lowest BCUT2D eigenvalue weighted by Crippen LogP contribution is -2.50. The summed E-state index contributed by atoms with van der Waals surface area (Å²) in [4.78, 5) is 18.9. The van der Waals surface area contributed by atoms with Crippen LogP contribution in [0.1, 0.15) is 38.1 Å². The fourth-order valence-electron chi connectivity index (χ4n) is 4.87. The number of esters is 1. The zero-order valence-electron chi connectivity index (χ0n) is 19.0. The summed E-state index contributed by atoms with van der Waals surface area (Å²) >= 11 is 6.12. The molecule has 33 heavy (non-hydrogen) atoms. The molecule has 6 nitrogen and oxygen atoms in total. The number of piperidine rings is 1. The number of carbonyl (C=O) groups is 1. The smallest absolute Gasteiger partial charge is 0.302 e. The van der Waals surface area contributed by atoms with Gasteiger partial charge in [-0.2, -0.15) is 5.26 Å². The van der Waals surface area contributed by atoms with Crippen LogP contribution in [-0.2, 0) is 21.4 Å². The van der Waals surface area contributed by atoms with Crippen molar-refractivity contribution in [1.82, 2.24) is 9.88 Å². The Morgan fingerprint density at radius 2 is 2.03 bits per heavy atom. The van der Waals surface area contributed by atoms with E-state index >= 15 is 0 Å². The van der Waals surface area contributed by atoms with Crippen molar-refractivity contribution < 1.29 is 13.9 Å². The molecule has 2 unspecified atom stereocenters. The van der Waals surface area contributed by atoms with Gasteiger partial charge in [0.25, 0.3) is 0 Å². The minimum atomic E-state index is -1.18. The summed E-state index contributed by atoms with van der Waals surface area (Å²) in [5.41, 5.74) is 1.29. The van der Waals surface area contributed by atoms with Crippen LogP contribution < -0.4 is 0 Å². The number of fused-ring (bicyclic) bond motifs is 1. The summed E-state index contributed by atoms with van der Waals surface area (Å²) in [5, 5.41) is 11.0. The molecule has 2 heterocycles. The molecule has 0 radical (unpaired) electrons. The van der Waals surface area contributed by atoms with Gasteiger partial charge in [-0.05, 0) is 69.0 Å². The quantitative estimate of drug-likeness (QED) is 0.449. The highest BCUT2D eigenvalue weighted by Gasteiger charge is 2.52. The monoisotopic (exact) mass is 465 g/mol. The minimum absolute atomic E-state index is 0.0617. The van der Waals surface area contributed by atoms with E-state index in [1.165, 1.54) is 12.5 Å². The predicted octanol–water partition coefficient (Wildman–Crippen LogP) is 5.15. The first-order valence-corrected chi connectivity index (χ1v) is 11.7. The van der Waals surface area contributed by atoms with Gasteiger partial charge in [-0.3, -0.25) is 4.79 Å². The predicted molar refractivity (Wildman–Crippen MR) is 127 cm³/mol. The number of likely N-dealkylation sites (tertiary alicyclic amines) is 1. The molecule has 1 fully saturated rings. The number of halogens is 1. The zero-order chi connectivity index (χ0) is 23.4. The van der Waals surface area contributed by atoms with Gasteiger partial charge in [-0.1, -0.05) is 41.9 Å². The molecular formula is C26H28ClN3O3. The number of nitrogens with zero attached hydrogens (tertiary/aromatic N) is 3. The minimum Gasteiger partial charge on any atom is -0.461 e. The maximum Gasteiger partial charge on any atom is 0.302 e. The molecule has 0 N–H and O–H groups in total. The molecule has 0 amide bonds. The highest BCUT2D eigenvalue weighted by atomic mass is 35.5. The molecule has 0 aliphatic carbocycles. The molecule has 1 aromatic heterocycles. The average molecular weight is 466 g/mol. The first-order valence-electron chi connectivity index (χ1n) is 11.3. The lowest BCUT2D eigenvalue weighted by molar-refractivity contribution is -0.150. The normalized spacial score (nSPS) is 17.9. The number of carbonyl (C=O) groups excluding carboxylic acids is 1. The lowest BCUT2D eigenvalue weighted by Gasteiger charge is -2.41. The summed E-state index contributed by atoms with van der Waals surface area (Å²) in [6.07, 6.45) is 1.86. The molecule has 1 aliphatic heterocycles. The van der Waals surface area contributed by atoms with Crippen molar-refractivity contribution in [2.75, 3.05) is 19.6 Å². The van der Waals surface area contributed by atoms with Gasteiger partial charge in [-0.15, -0.1) is 0 Å². The van der Waals surface area contributed by atoms with Gasteiger partial charge < -0.3 is 14.1 Å². The number of hydrogen-bond donors (Lipinski definition) is 0. The van der Waals surface area contributed by atoms with Gasteiger partial charge in [-0.25, -0.2) is 4.98 Å². The molecule has 172 valence electrons. The highest BCUT2D eigenvalue weighted by Crippen LogP contribution is 2.43. The van der Waals surface area contributed by atoms with Crippen LogP contribution in [0.2, 0.25) is 5.02 Å². The first-order chi connectivity index (χ1) is 15.9. The standard InChI is InChI=1S/C26H28ClN3O3/c1-18(32-19(2)31)26(17-28,25-29-23-16-22(27)8-9-24(23)33-25)21-11-14-30(15-12-21)13-10-20-6-4-3-5-7-20/h3-9,16,18,21H,10-15H2,1-2H3. The fraction of sp³-hybridized carbons (Fsp3) is 0.423. The van der Waals surface area contributed by atoms with Crippen LogP contribution in [0, 0.1) is 17.2 Å². The van der Waals surface area contributed by atoms with Crippen LogP contribution in [0.3, 0.4) is 0 Å². The largest absolute Gasteiger partial charge is 0.461 e. The van der Waals surface area contributed by atoms with E-state index in [1.807, 2.05) is 6.07 Å². The van der Waals surface area contributed by atoms with Crippen LogP contribution >= 0.6 is 11.6 Å². The van der Waals surface area contributed by atoms with Crippen molar-refractivity contribution in [2.45, 2.75) is 44.6 Å². The number of benzene rings is 2. The Kier molecular flexibility index (Phi) is 7.02. The Balaban J connectivity index is 1.57. The molecule has 7 heteroatoms. The topological polar surface area (TPSA) is 79.4 Å². The van der Waals surface area contributed by atoms with E-state index in [9.17, 15) is 10.1 Å². The molecular weight excluding hydrogens is 438 g/mol. The van der Waals surface area contributed by atoms with Crippen LogP contribution in [0.5, 0.6) is 0 Å². The molecule has 3 aromatic rings. The molecule has 0 spiro atoms. The van der Waals surface area contributed by atoms with Gasteiger partial charge in [0.2, 0.25) is 5.89 Å². The van der Waals surface area contributed by atoms with Gasteiger partial charge in [0.1, 0.15) is 11.6 Å². The van der Waals surface area contributed by atoms with E-state index in [-0.39, 0.29) is 5.92 Å².